The van der Waals surface area contributed by atoms with Gasteiger partial charge >= 0.3 is 0 Å². The first-order chi connectivity index (χ1) is 6.06. The van der Waals surface area contributed by atoms with Gasteiger partial charge in [0.25, 0.3) is 0 Å². The molecular formula is C11H20N2. The van der Waals surface area contributed by atoms with E-state index >= 15 is 0 Å². The van der Waals surface area contributed by atoms with E-state index in [0.717, 1.165) is 0 Å². The maximum absolute atomic E-state index is 8.55. The van der Waals surface area contributed by atoms with Crippen LogP contribution in [0.15, 0.2) is 0 Å². The Bertz CT molecular complexity index is 203. The summed E-state index contributed by atoms with van der Waals surface area (Å²) in [6.07, 6.45) is 4.52. The molecule has 0 radical (unpaired) electrons. The van der Waals surface area contributed by atoms with Gasteiger partial charge in [0.05, 0.1) is 12.5 Å². The summed E-state index contributed by atoms with van der Waals surface area (Å²) in [5.74, 6) is 0. The Hall–Kier alpha value is -0.550. The third kappa shape index (κ3) is 2.70. The Balaban J connectivity index is 2.41. The molecule has 0 aromatic heterocycles. The van der Waals surface area contributed by atoms with Crippen LogP contribution >= 0.6 is 0 Å². The molecule has 0 amide bonds. The van der Waals surface area contributed by atoms with Crippen molar-refractivity contribution in [1.82, 2.24) is 5.32 Å². The number of nitrogens with zero attached hydrogens (tertiary/aromatic N) is 1. The number of nitrogens with one attached hydrogen (secondary N) is 1. The zero-order chi connectivity index (χ0) is 9.90. The summed E-state index contributed by atoms with van der Waals surface area (Å²) in [5.41, 5.74) is 0.420. The normalized spacial score (nSPS) is 28.3. The van der Waals surface area contributed by atoms with E-state index in [-0.39, 0.29) is 0 Å². The van der Waals surface area contributed by atoms with E-state index in [0.29, 0.717) is 23.9 Å². The fraction of sp³-hybridized carbons (Fsp3) is 0.909. The second-order valence-electron chi connectivity index (χ2n) is 4.86. The lowest BCUT2D eigenvalue weighted by atomic mass is 9.87. The van der Waals surface area contributed by atoms with E-state index in [1.165, 1.54) is 19.3 Å². The van der Waals surface area contributed by atoms with E-state index in [1.54, 1.807) is 0 Å². The van der Waals surface area contributed by atoms with Gasteiger partial charge < -0.3 is 5.32 Å². The molecule has 1 aliphatic carbocycles. The van der Waals surface area contributed by atoms with Gasteiger partial charge in [0, 0.05) is 12.1 Å². The molecule has 2 heteroatoms. The van der Waals surface area contributed by atoms with Gasteiger partial charge in [-0.1, -0.05) is 20.3 Å². The molecule has 1 fully saturated rings. The van der Waals surface area contributed by atoms with Crippen molar-refractivity contribution in [2.24, 2.45) is 5.41 Å². The van der Waals surface area contributed by atoms with Crippen molar-refractivity contribution in [3.8, 4) is 6.07 Å². The van der Waals surface area contributed by atoms with Crippen LogP contribution < -0.4 is 5.32 Å². The van der Waals surface area contributed by atoms with Crippen molar-refractivity contribution in [1.29, 1.82) is 5.26 Å². The van der Waals surface area contributed by atoms with Crippen LogP contribution in [0.5, 0.6) is 0 Å². The summed E-state index contributed by atoms with van der Waals surface area (Å²) < 4.78 is 0. The lowest BCUT2D eigenvalue weighted by Gasteiger charge is -2.30. The quantitative estimate of drug-likeness (QED) is 0.724. The van der Waals surface area contributed by atoms with Crippen LogP contribution in [0.4, 0.5) is 0 Å². The molecule has 0 aliphatic heterocycles. The van der Waals surface area contributed by atoms with Crippen LogP contribution in [-0.2, 0) is 0 Å². The third-order valence-corrected chi connectivity index (χ3v) is 3.14. The highest BCUT2D eigenvalue weighted by Crippen LogP contribution is 2.37. The van der Waals surface area contributed by atoms with Crippen molar-refractivity contribution in [2.75, 3.05) is 0 Å². The van der Waals surface area contributed by atoms with Crippen molar-refractivity contribution < 1.29 is 0 Å². The average Bonchev–Trinajstić information content (AvgIpc) is 2.31. The lowest BCUT2D eigenvalue weighted by molar-refractivity contribution is 0.266. The monoisotopic (exact) mass is 180 g/mol. The van der Waals surface area contributed by atoms with Gasteiger partial charge in [0.2, 0.25) is 0 Å². The summed E-state index contributed by atoms with van der Waals surface area (Å²) in [5, 5.41) is 12.1. The van der Waals surface area contributed by atoms with E-state index < -0.39 is 0 Å². The second-order valence-corrected chi connectivity index (χ2v) is 4.86. The van der Waals surface area contributed by atoms with E-state index in [4.69, 9.17) is 5.26 Å². The van der Waals surface area contributed by atoms with Gasteiger partial charge in [-0.2, -0.15) is 5.26 Å². The average molecular weight is 180 g/mol. The number of hydrogen-bond donors (Lipinski definition) is 1. The van der Waals surface area contributed by atoms with Crippen LogP contribution in [0.2, 0.25) is 0 Å². The molecule has 0 bridgehead atoms. The third-order valence-electron chi connectivity index (χ3n) is 3.14. The van der Waals surface area contributed by atoms with E-state index in [1.807, 2.05) is 0 Å². The predicted molar refractivity (Wildman–Crippen MR) is 54.2 cm³/mol. The molecular weight excluding hydrogens is 160 g/mol. The summed E-state index contributed by atoms with van der Waals surface area (Å²) in [7, 11) is 0. The van der Waals surface area contributed by atoms with Crippen molar-refractivity contribution in [3.05, 3.63) is 0 Å². The summed E-state index contributed by atoms with van der Waals surface area (Å²) in [4.78, 5) is 0. The van der Waals surface area contributed by atoms with Gasteiger partial charge in [-0.25, -0.2) is 0 Å². The maximum Gasteiger partial charge on any atom is 0.0638 e. The maximum atomic E-state index is 8.55. The summed E-state index contributed by atoms with van der Waals surface area (Å²) in [6, 6.07) is 3.15. The molecule has 13 heavy (non-hydrogen) atoms. The molecule has 1 saturated carbocycles. The van der Waals surface area contributed by atoms with Crippen LogP contribution in [0.3, 0.4) is 0 Å². The molecule has 2 atom stereocenters. The smallest absolute Gasteiger partial charge is 0.0638 e. The fourth-order valence-electron chi connectivity index (χ4n) is 2.17. The van der Waals surface area contributed by atoms with Crippen molar-refractivity contribution >= 4 is 0 Å². The minimum Gasteiger partial charge on any atom is -0.310 e. The van der Waals surface area contributed by atoms with Gasteiger partial charge in [0.15, 0.2) is 0 Å². The molecule has 2 nitrogen and oxygen atoms in total. The van der Waals surface area contributed by atoms with Crippen LogP contribution in [0, 0.1) is 16.7 Å². The standard InChI is InChI=1S/C11H20N2/c1-9(6-8-12)13-10-5-4-7-11(10,2)3/h9-10,13H,4-7H2,1-3H3. The zero-order valence-electron chi connectivity index (χ0n) is 8.93. The largest absolute Gasteiger partial charge is 0.310 e. The summed E-state index contributed by atoms with van der Waals surface area (Å²) in [6.45, 7) is 6.73. The van der Waals surface area contributed by atoms with Gasteiger partial charge in [-0.3, -0.25) is 0 Å². The fourth-order valence-corrected chi connectivity index (χ4v) is 2.17. The van der Waals surface area contributed by atoms with Crippen LogP contribution in [0.1, 0.15) is 46.5 Å². The molecule has 1 aliphatic rings. The molecule has 74 valence electrons. The first-order valence-electron chi connectivity index (χ1n) is 5.19. The molecule has 2 unspecified atom stereocenters. The Labute approximate surface area is 81.3 Å². The van der Waals surface area contributed by atoms with Crippen molar-refractivity contribution in [3.63, 3.8) is 0 Å². The van der Waals surface area contributed by atoms with E-state index in [9.17, 15) is 0 Å². The SMILES string of the molecule is CC(CC#N)NC1CCCC1(C)C. The second kappa shape index (κ2) is 4.11. The molecule has 0 spiro atoms. The molecule has 0 aromatic carbocycles. The van der Waals surface area contributed by atoms with Gasteiger partial charge in [-0.15, -0.1) is 0 Å². The predicted octanol–water partition coefficient (Wildman–Crippen LogP) is 2.46. The zero-order valence-corrected chi connectivity index (χ0v) is 8.93. The number of nitriles is 1. The first-order valence-corrected chi connectivity index (χ1v) is 5.19. The highest BCUT2D eigenvalue weighted by Gasteiger charge is 2.34. The molecule has 0 saturated heterocycles. The summed E-state index contributed by atoms with van der Waals surface area (Å²) >= 11 is 0. The lowest BCUT2D eigenvalue weighted by Crippen LogP contribution is -2.42. The van der Waals surface area contributed by atoms with Crippen LogP contribution in [-0.4, -0.2) is 12.1 Å². The highest BCUT2D eigenvalue weighted by molar-refractivity contribution is 4.92. The number of hydrogen-bond acceptors (Lipinski definition) is 2. The Morgan fingerprint density at radius 2 is 2.31 bits per heavy atom. The highest BCUT2D eigenvalue weighted by atomic mass is 15.0. The van der Waals surface area contributed by atoms with Crippen LogP contribution in [0.25, 0.3) is 0 Å². The number of rotatable bonds is 3. The van der Waals surface area contributed by atoms with Gasteiger partial charge in [-0.05, 0) is 25.2 Å². The first kappa shape index (κ1) is 10.5. The van der Waals surface area contributed by atoms with Crippen molar-refractivity contribution in [2.45, 2.75) is 58.5 Å². The Kier molecular flexibility index (Phi) is 3.33. The van der Waals surface area contributed by atoms with E-state index in [2.05, 4.69) is 32.2 Å². The topological polar surface area (TPSA) is 35.8 Å². The molecule has 1 N–H and O–H groups in total. The minimum absolute atomic E-state index is 0.340. The minimum atomic E-state index is 0.340. The molecule has 0 heterocycles. The Morgan fingerprint density at radius 3 is 2.77 bits per heavy atom. The molecule has 1 rings (SSSR count). The Morgan fingerprint density at radius 1 is 1.62 bits per heavy atom. The molecule has 0 aromatic rings. The van der Waals surface area contributed by atoms with Gasteiger partial charge in [0.1, 0.15) is 0 Å².